The minimum absolute atomic E-state index is 0.272. The molecule has 2 aliphatic rings. The van der Waals surface area contributed by atoms with Gasteiger partial charge in [0.25, 0.3) is 0 Å². The Morgan fingerprint density at radius 2 is 1.85 bits per heavy atom. The summed E-state index contributed by atoms with van der Waals surface area (Å²) in [7, 11) is 1.41. The molecule has 6 nitrogen and oxygen atoms in total. The van der Waals surface area contributed by atoms with E-state index in [1.807, 2.05) is 30.3 Å². The summed E-state index contributed by atoms with van der Waals surface area (Å²) in [5.41, 5.74) is 0.863. The monoisotopic (exact) mass is 282 g/mol. The van der Waals surface area contributed by atoms with Crippen LogP contribution in [0.5, 0.6) is 0 Å². The minimum Gasteiger partial charge on any atom is -0.387 e. The van der Waals surface area contributed by atoms with Crippen molar-refractivity contribution in [3.63, 3.8) is 0 Å². The van der Waals surface area contributed by atoms with Crippen LogP contribution in [-0.4, -0.2) is 54.6 Å². The molecule has 110 valence electrons. The highest BCUT2D eigenvalue weighted by molar-refractivity contribution is 5.16. The third-order valence-electron chi connectivity index (χ3n) is 3.64. The number of aliphatic hydroxyl groups is 2. The maximum atomic E-state index is 10.1. The van der Waals surface area contributed by atoms with Gasteiger partial charge in [0.15, 0.2) is 12.6 Å². The second-order valence-corrected chi connectivity index (χ2v) is 4.94. The average molecular weight is 282 g/mol. The molecule has 6 heteroatoms. The van der Waals surface area contributed by atoms with Crippen LogP contribution in [0.1, 0.15) is 11.9 Å². The molecule has 0 bridgehead atoms. The van der Waals surface area contributed by atoms with Crippen molar-refractivity contribution in [3.05, 3.63) is 35.9 Å². The molecule has 0 aliphatic carbocycles. The Balaban J connectivity index is 1.74. The molecule has 0 saturated carbocycles. The first-order valence-electron chi connectivity index (χ1n) is 6.57. The second-order valence-electron chi connectivity index (χ2n) is 4.94. The first-order chi connectivity index (χ1) is 9.70. The molecule has 0 radical (unpaired) electrons. The van der Waals surface area contributed by atoms with Gasteiger partial charge in [-0.25, -0.2) is 0 Å². The van der Waals surface area contributed by atoms with Gasteiger partial charge in [-0.15, -0.1) is 0 Å². The Kier molecular flexibility index (Phi) is 4.02. The number of ether oxygens (including phenoxy) is 4. The van der Waals surface area contributed by atoms with Crippen molar-refractivity contribution >= 4 is 0 Å². The maximum Gasteiger partial charge on any atom is 0.186 e. The zero-order chi connectivity index (χ0) is 14.1. The molecule has 1 aromatic carbocycles. The van der Waals surface area contributed by atoms with Gasteiger partial charge in [-0.3, -0.25) is 0 Å². The van der Waals surface area contributed by atoms with Gasteiger partial charge in [0.05, 0.1) is 6.61 Å². The standard InChI is InChI=1S/C14H18O6/c1-17-14-11(16)10(15)12-9(19-14)7-18-13(20-12)8-5-3-2-4-6-8/h2-6,9-16H,7H2,1H3/t9-,10-,11+,12-,13-,14-/m1/s1. The summed E-state index contributed by atoms with van der Waals surface area (Å²) >= 11 is 0. The molecule has 2 fully saturated rings. The van der Waals surface area contributed by atoms with Crippen LogP contribution in [0, 0.1) is 0 Å². The Bertz CT molecular complexity index is 437. The van der Waals surface area contributed by atoms with E-state index in [1.54, 1.807) is 0 Å². The van der Waals surface area contributed by atoms with E-state index in [4.69, 9.17) is 18.9 Å². The Labute approximate surface area is 116 Å². The van der Waals surface area contributed by atoms with E-state index in [-0.39, 0.29) is 6.61 Å². The lowest BCUT2D eigenvalue weighted by atomic mass is 9.98. The van der Waals surface area contributed by atoms with Gasteiger partial charge in [0.2, 0.25) is 0 Å². The van der Waals surface area contributed by atoms with Crippen LogP contribution >= 0.6 is 0 Å². The van der Waals surface area contributed by atoms with E-state index in [9.17, 15) is 10.2 Å². The summed E-state index contributed by atoms with van der Waals surface area (Å²) in [6, 6.07) is 9.45. The van der Waals surface area contributed by atoms with Gasteiger partial charge < -0.3 is 29.2 Å². The van der Waals surface area contributed by atoms with Crippen LogP contribution < -0.4 is 0 Å². The van der Waals surface area contributed by atoms with Crippen molar-refractivity contribution in [1.29, 1.82) is 0 Å². The highest BCUT2D eigenvalue weighted by Gasteiger charge is 2.48. The van der Waals surface area contributed by atoms with Crippen LogP contribution in [-0.2, 0) is 18.9 Å². The van der Waals surface area contributed by atoms with Crippen molar-refractivity contribution in [2.24, 2.45) is 0 Å². The fraction of sp³-hybridized carbons (Fsp3) is 0.571. The van der Waals surface area contributed by atoms with E-state index < -0.39 is 37.0 Å². The molecule has 2 saturated heterocycles. The van der Waals surface area contributed by atoms with Crippen LogP contribution in [0.25, 0.3) is 0 Å². The van der Waals surface area contributed by atoms with Gasteiger partial charge in [-0.2, -0.15) is 0 Å². The van der Waals surface area contributed by atoms with Gasteiger partial charge >= 0.3 is 0 Å². The lowest BCUT2D eigenvalue weighted by molar-refractivity contribution is -0.358. The van der Waals surface area contributed by atoms with Crippen LogP contribution in [0.15, 0.2) is 30.3 Å². The first-order valence-corrected chi connectivity index (χ1v) is 6.57. The van der Waals surface area contributed by atoms with E-state index >= 15 is 0 Å². The number of hydrogen-bond donors (Lipinski definition) is 2. The third-order valence-corrected chi connectivity index (χ3v) is 3.64. The molecule has 0 spiro atoms. The molecule has 2 heterocycles. The Morgan fingerprint density at radius 1 is 1.10 bits per heavy atom. The molecule has 6 atom stereocenters. The van der Waals surface area contributed by atoms with Crippen LogP contribution in [0.2, 0.25) is 0 Å². The predicted molar refractivity (Wildman–Crippen MR) is 67.7 cm³/mol. The van der Waals surface area contributed by atoms with Gasteiger partial charge in [-0.05, 0) is 0 Å². The van der Waals surface area contributed by atoms with E-state index in [0.29, 0.717) is 0 Å². The summed E-state index contributed by atoms with van der Waals surface area (Å²) in [4.78, 5) is 0. The van der Waals surface area contributed by atoms with Crippen LogP contribution in [0.4, 0.5) is 0 Å². The molecule has 0 amide bonds. The fourth-order valence-corrected chi connectivity index (χ4v) is 2.55. The topological polar surface area (TPSA) is 77.4 Å². The maximum absolute atomic E-state index is 10.1. The van der Waals surface area contributed by atoms with Crippen molar-refractivity contribution in [1.82, 2.24) is 0 Å². The SMILES string of the molecule is CO[C@@H]1O[C@@H]2CO[C@@H](c3ccccc3)O[C@H]2[C@H](O)[C@@H]1O. The predicted octanol–water partition coefficient (Wildman–Crippen LogP) is 0.194. The number of hydrogen-bond acceptors (Lipinski definition) is 6. The fourth-order valence-electron chi connectivity index (χ4n) is 2.55. The number of rotatable bonds is 2. The number of aliphatic hydroxyl groups excluding tert-OH is 2. The zero-order valence-electron chi connectivity index (χ0n) is 11.1. The van der Waals surface area contributed by atoms with Crippen molar-refractivity contribution in [2.45, 2.75) is 37.0 Å². The largest absolute Gasteiger partial charge is 0.387 e. The molecule has 2 aliphatic heterocycles. The smallest absolute Gasteiger partial charge is 0.186 e. The van der Waals surface area contributed by atoms with E-state index in [0.717, 1.165) is 5.56 Å². The average Bonchev–Trinajstić information content (AvgIpc) is 2.51. The normalized spacial score (nSPS) is 41.1. The summed E-state index contributed by atoms with van der Waals surface area (Å²) in [6.45, 7) is 0.272. The van der Waals surface area contributed by atoms with Crippen molar-refractivity contribution < 1.29 is 29.2 Å². The van der Waals surface area contributed by atoms with E-state index in [2.05, 4.69) is 0 Å². The molecular weight excluding hydrogens is 264 g/mol. The molecule has 0 unspecified atom stereocenters. The van der Waals surface area contributed by atoms with Gasteiger partial charge in [0.1, 0.15) is 24.4 Å². The van der Waals surface area contributed by atoms with Crippen molar-refractivity contribution in [3.8, 4) is 0 Å². The molecular formula is C14H18O6. The van der Waals surface area contributed by atoms with Gasteiger partial charge in [0, 0.05) is 12.7 Å². The van der Waals surface area contributed by atoms with Crippen molar-refractivity contribution in [2.75, 3.05) is 13.7 Å². The Hall–Kier alpha value is -1.02. The number of fused-ring (bicyclic) bond motifs is 1. The molecule has 2 N–H and O–H groups in total. The summed E-state index contributed by atoms with van der Waals surface area (Å²) < 4.78 is 21.9. The number of benzene rings is 1. The highest BCUT2D eigenvalue weighted by atomic mass is 16.7. The zero-order valence-corrected chi connectivity index (χ0v) is 11.1. The van der Waals surface area contributed by atoms with Gasteiger partial charge in [-0.1, -0.05) is 30.3 Å². The first kappa shape index (κ1) is 13.9. The lowest BCUT2D eigenvalue weighted by Crippen LogP contribution is -2.62. The lowest BCUT2D eigenvalue weighted by Gasteiger charge is -2.45. The molecule has 3 rings (SSSR count). The molecule has 0 aromatic heterocycles. The summed E-state index contributed by atoms with van der Waals surface area (Å²) in [6.07, 6.45) is -4.76. The van der Waals surface area contributed by atoms with Crippen LogP contribution in [0.3, 0.4) is 0 Å². The summed E-state index contributed by atoms with van der Waals surface area (Å²) in [5, 5.41) is 20.1. The minimum atomic E-state index is -1.14. The molecule has 1 aromatic rings. The highest BCUT2D eigenvalue weighted by Crippen LogP contribution is 2.33. The quantitative estimate of drug-likeness (QED) is 0.806. The third kappa shape index (κ3) is 2.46. The molecule has 20 heavy (non-hydrogen) atoms. The Morgan fingerprint density at radius 3 is 2.55 bits per heavy atom. The second kappa shape index (κ2) is 5.77. The number of methoxy groups -OCH3 is 1. The van der Waals surface area contributed by atoms with E-state index in [1.165, 1.54) is 7.11 Å². The summed E-state index contributed by atoms with van der Waals surface area (Å²) in [5.74, 6) is 0.